The molecule has 2 aliphatic rings. The topological polar surface area (TPSA) is 108 Å². The highest BCUT2D eigenvalue weighted by molar-refractivity contribution is 7.89. The molecule has 2 unspecified atom stereocenters. The van der Waals surface area contributed by atoms with Crippen molar-refractivity contribution < 1.29 is 17.2 Å². The molecule has 0 spiro atoms. The second-order valence-corrected chi connectivity index (χ2v) is 8.61. The molecule has 1 aliphatic carbocycles. The Kier molecular flexibility index (Phi) is 4.84. The summed E-state index contributed by atoms with van der Waals surface area (Å²) in [6.45, 7) is 0. The smallest absolute Gasteiger partial charge is 0.259 e. The van der Waals surface area contributed by atoms with Crippen molar-refractivity contribution in [2.24, 2.45) is 5.92 Å². The van der Waals surface area contributed by atoms with Crippen molar-refractivity contribution >= 4 is 44.3 Å². The van der Waals surface area contributed by atoms with E-state index in [9.17, 15) is 12.6 Å². The number of fused-ring (bicyclic) bond motifs is 1. The molecule has 0 saturated heterocycles. The quantitative estimate of drug-likeness (QED) is 0.603. The highest BCUT2D eigenvalue weighted by atomic mass is 35.5. The van der Waals surface area contributed by atoms with Gasteiger partial charge in [-0.05, 0) is 30.9 Å². The number of halogens is 1. The summed E-state index contributed by atoms with van der Waals surface area (Å²) in [5.41, 5.74) is 0.508. The average molecular weight is 380 g/mol. The first-order chi connectivity index (χ1) is 10.9. The van der Waals surface area contributed by atoms with Gasteiger partial charge in [0, 0.05) is 0 Å². The van der Waals surface area contributed by atoms with Gasteiger partial charge in [-0.1, -0.05) is 30.9 Å². The Morgan fingerprint density at radius 2 is 1.96 bits per heavy atom. The van der Waals surface area contributed by atoms with Gasteiger partial charge in [-0.15, -0.1) is 0 Å². The van der Waals surface area contributed by atoms with Gasteiger partial charge in [0.05, 0.1) is 22.6 Å². The molecule has 0 amide bonds. The van der Waals surface area contributed by atoms with Crippen molar-refractivity contribution in [2.45, 2.75) is 43.2 Å². The Labute approximate surface area is 142 Å². The third-order valence-corrected chi connectivity index (χ3v) is 6.46. The fraction of sp³-hybridized carbons (Fsp3) is 0.538. The molecule has 0 bridgehead atoms. The second-order valence-electron chi connectivity index (χ2n) is 5.82. The van der Waals surface area contributed by atoms with Gasteiger partial charge in [0.2, 0.25) is 10.0 Å². The van der Waals surface area contributed by atoms with Crippen LogP contribution in [0.1, 0.15) is 32.1 Å². The summed E-state index contributed by atoms with van der Waals surface area (Å²) in [7, 11) is -3.71. The summed E-state index contributed by atoms with van der Waals surface area (Å²) >= 11 is 3.74. The number of anilines is 2. The Morgan fingerprint density at radius 1 is 1.26 bits per heavy atom. The van der Waals surface area contributed by atoms with Crippen molar-refractivity contribution in [3.63, 3.8) is 0 Å². The predicted molar refractivity (Wildman–Crippen MR) is 90.2 cm³/mol. The van der Waals surface area contributed by atoms with Crippen molar-refractivity contribution in [1.29, 1.82) is 0 Å². The summed E-state index contributed by atoms with van der Waals surface area (Å²) in [5, 5.41) is 3.38. The first-order valence-corrected chi connectivity index (χ1v) is 10.3. The molecule has 7 nitrogen and oxygen atoms in total. The molecular formula is C13H18ClN3O4S2. The number of rotatable bonds is 3. The molecule has 23 heavy (non-hydrogen) atoms. The van der Waals surface area contributed by atoms with Crippen LogP contribution in [0.3, 0.4) is 0 Å². The molecule has 1 fully saturated rings. The summed E-state index contributed by atoms with van der Waals surface area (Å²) in [5.74, 6) is 0.244. The van der Waals surface area contributed by atoms with Crippen LogP contribution in [-0.2, 0) is 21.3 Å². The van der Waals surface area contributed by atoms with E-state index in [0.717, 1.165) is 25.7 Å². The van der Waals surface area contributed by atoms with Crippen molar-refractivity contribution in [2.75, 3.05) is 10.0 Å². The van der Waals surface area contributed by atoms with Gasteiger partial charge in [0.25, 0.3) is 11.3 Å². The molecule has 3 rings (SSSR count). The highest BCUT2D eigenvalue weighted by Crippen LogP contribution is 2.37. The molecule has 2 atom stereocenters. The van der Waals surface area contributed by atoms with Crippen molar-refractivity contribution in [3.05, 3.63) is 17.2 Å². The monoisotopic (exact) mass is 379 g/mol. The van der Waals surface area contributed by atoms with E-state index in [1.165, 1.54) is 18.6 Å². The highest BCUT2D eigenvalue weighted by Gasteiger charge is 2.35. The molecule has 1 heterocycles. The lowest BCUT2D eigenvalue weighted by Crippen LogP contribution is -2.49. The van der Waals surface area contributed by atoms with Gasteiger partial charge in [-0.25, -0.2) is 12.6 Å². The molecule has 4 N–H and O–H groups in total. The second kappa shape index (κ2) is 6.56. The predicted octanol–water partition coefficient (Wildman–Crippen LogP) is 2.50. The maximum Gasteiger partial charge on any atom is 0.259 e. The van der Waals surface area contributed by atoms with Gasteiger partial charge < -0.3 is 5.32 Å². The van der Waals surface area contributed by atoms with Crippen molar-refractivity contribution in [1.82, 2.24) is 4.72 Å². The van der Waals surface area contributed by atoms with E-state index < -0.39 is 21.3 Å². The fourth-order valence-electron chi connectivity index (χ4n) is 3.17. The number of benzene rings is 1. The lowest BCUT2D eigenvalue weighted by Gasteiger charge is -2.35. The Hall–Kier alpha value is -0.870. The third kappa shape index (κ3) is 3.63. The molecular weight excluding hydrogens is 362 g/mol. The maximum absolute atomic E-state index is 12.5. The zero-order chi connectivity index (χ0) is 16.6. The minimum absolute atomic E-state index is 0.0157. The maximum atomic E-state index is 12.5. The van der Waals surface area contributed by atoms with E-state index in [4.69, 9.17) is 16.2 Å². The van der Waals surface area contributed by atoms with Gasteiger partial charge in [0.1, 0.15) is 4.90 Å². The first kappa shape index (κ1) is 17.0. The summed E-state index contributed by atoms with van der Waals surface area (Å²) in [6.07, 6.45) is 4.99. The van der Waals surface area contributed by atoms with Crippen LogP contribution in [0.25, 0.3) is 0 Å². The van der Waals surface area contributed by atoms with Crippen LogP contribution in [0.2, 0.25) is 5.02 Å². The SMILES string of the molecule is O=S(O)Nc1cc2c(cc1Cl)NC(C1CCCCC1)NS2(=O)=O. The van der Waals surface area contributed by atoms with E-state index in [1.807, 2.05) is 0 Å². The third-order valence-electron chi connectivity index (χ3n) is 4.27. The van der Waals surface area contributed by atoms with E-state index in [1.54, 1.807) is 0 Å². The summed E-state index contributed by atoms with van der Waals surface area (Å²) in [6, 6.07) is 2.73. The number of hydrogen-bond acceptors (Lipinski definition) is 4. The first-order valence-electron chi connectivity index (χ1n) is 7.37. The molecule has 0 radical (unpaired) electrons. The van der Waals surface area contributed by atoms with E-state index in [2.05, 4.69) is 14.8 Å². The Morgan fingerprint density at radius 3 is 2.61 bits per heavy atom. The van der Waals surface area contributed by atoms with Gasteiger partial charge in [0.15, 0.2) is 0 Å². The fourth-order valence-corrected chi connectivity index (χ4v) is 5.19. The van der Waals surface area contributed by atoms with E-state index in [0.29, 0.717) is 5.69 Å². The van der Waals surface area contributed by atoms with Crippen molar-refractivity contribution in [3.8, 4) is 0 Å². The molecule has 128 valence electrons. The molecule has 1 aromatic carbocycles. The van der Waals surface area contributed by atoms with Gasteiger partial charge in [-0.2, -0.15) is 4.72 Å². The minimum Gasteiger partial charge on any atom is -0.368 e. The van der Waals surface area contributed by atoms with Crippen LogP contribution in [0.15, 0.2) is 17.0 Å². The summed E-state index contributed by atoms with van der Waals surface area (Å²) < 4.78 is 49.7. The number of hydrogen-bond donors (Lipinski definition) is 4. The molecule has 10 heteroatoms. The van der Waals surface area contributed by atoms with E-state index >= 15 is 0 Å². The molecule has 0 aromatic heterocycles. The molecule has 1 aromatic rings. The lowest BCUT2D eigenvalue weighted by molar-refractivity contribution is 0.306. The van der Waals surface area contributed by atoms with Crippen LogP contribution < -0.4 is 14.8 Å². The lowest BCUT2D eigenvalue weighted by atomic mass is 9.87. The Bertz CT molecular complexity index is 735. The van der Waals surface area contributed by atoms with Gasteiger partial charge >= 0.3 is 0 Å². The summed E-state index contributed by atoms with van der Waals surface area (Å²) in [4.78, 5) is 0.0157. The molecule has 1 saturated carbocycles. The Balaban J connectivity index is 1.94. The van der Waals surface area contributed by atoms with E-state index in [-0.39, 0.29) is 27.7 Å². The van der Waals surface area contributed by atoms with Crippen LogP contribution in [0.5, 0.6) is 0 Å². The number of nitrogens with one attached hydrogen (secondary N) is 3. The minimum atomic E-state index is -3.71. The van der Waals surface area contributed by atoms with Crippen LogP contribution in [0, 0.1) is 5.92 Å². The average Bonchev–Trinajstić information content (AvgIpc) is 2.48. The zero-order valence-electron chi connectivity index (χ0n) is 12.2. The standard InChI is InChI=1S/C13H18ClN3O4S2/c14-9-6-11-12(7-10(9)16-22(18)19)23(20,21)17-13(15-11)8-4-2-1-3-5-8/h6-8,13,15-17H,1-5H2,(H,18,19). The zero-order valence-corrected chi connectivity index (χ0v) is 14.6. The van der Waals surface area contributed by atoms with Crippen LogP contribution in [0.4, 0.5) is 11.4 Å². The molecule has 1 aliphatic heterocycles. The number of sulfonamides is 1. The van der Waals surface area contributed by atoms with Gasteiger partial charge in [-0.3, -0.25) is 9.27 Å². The van der Waals surface area contributed by atoms with Crippen LogP contribution >= 0.6 is 11.6 Å². The van der Waals surface area contributed by atoms with Crippen LogP contribution in [-0.4, -0.2) is 23.3 Å². The largest absolute Gasteiger partial charge is 0.368 e. The normalized spacial score (nSPS) is 25.2.